The van der Waals surface area contributed by atoms with Crippen molar-refractivity contribution in [1.82, 2.24) is 0 Å². The molecule has 2 unspecified atom stereocenters. The van der Waals surface area contributed by atoms with Gasteiger partial charge in [0.15, 0.2) is 0 Å². The van der Waals surface area contributed by atoms with Crippen molar-refractivity contribution in [2.24, 2.45) is 11.8 Å². The monoisotopic (exact) mass is 196 g/mol. The van der Waals surface area contributed by atoms with Gasteiger partial charge in [-0.2, -0.15) is 0 Å². The molecule has 0 heteroatoms. The molecular formula is C14H28. The number of allylic oxidation sites excluding steroid dienone is 1. The Hall–Kier alpha value is -0.260. The van der Waals surface area contributed by atoms with Crippen molar-refractivity contribution in [3.63, 3.8) is 0 Å². The molecule has 0 bridgehead atoms. The molecule has 0 aliphatic rings. The number of hydrogen-bond acceptors (Lipinski definition) is 0. The number of rotatable bonds is 9. The zero-order chi connectivity index (χ0) is 10.8. The molecule has 84 valence electrons. The molecule has 0 N–H and O–H groups in total. The first-order chi connectivity index (χ1) is 6.76. The van der Waals surface area contributed by atoms with E-state index in [2.05, 4.69) is 33.4 Å². The zero-order valence-corrected chi connectivity index (χ0v) is 10.4. The van der Waals surface area contributed by atoms with Gasteiger partial charge in [-0.1, -0.05) is 65.4 Å². The fourth-order valence-electron chi connectivity index (χ4n) is 2.00. The largest absolute Gasteiger partial charge is 0.103 e. The van der Waals surface area contributed by atoms with Crippen LogP contribution in [0.15, 0.2) is 12.7 Å². The van der Waals surface area contributed by atoms with E-state index in [9.17, 15) is 0 Å². The van der Waals surface area contributed by atoms with E-state index in [0.717, 1.165) is 11.8 Å². The molecule has 0 rings (SSSR count). The Morgan fingerprint density at radius 3 is 2.14 bits per heavy atom. The maximum Gasteiger partial charge on any atom is -0.0210 e. The fourth-order valence-corrected chi connectivity index (χ4v) is 2.00. The van der Waals surface area contributed by atoms with Crippen LogP contribution < -0.4 is 0 Å². The van der Waals surface area contributed by atoms with E-state index in [1.54, 1.807) is 0 Å². The summed E-state index contributed by atoms with van der Waals surface area (Å²) in [6, 6.07) is 0. The zero-order valence-electron chi connectivity index (χ0n) is 10.4. The summed E-state index contributed by atoms with van der Waals surface area (Å²) in [6.07, 6.45) is 11.7. The van der Waals surface area contributed by atoms with E-state index < -0.39 is 0 Å². The summed E-state index contributed by atoms with van der Waals surface area (Å²) in [4.78, 5) is 0. The van der Waals surface area contributed by atoms with Crippen LogP contribution in [0.5, 0.6) is 0 Å². The fraction of sp³-hybridized carbons (Fsp3) is 0.857. The Balaban J connectivity index is 3.68. The van der Waals surface area contributed by atoms with Crippen molar-refractivity contribution < 1.29 is 0 Å². The van der Waals surface area contributed by atoms with Gasteiger partial charge in [0.05, 0.1) is 0 Å². The molecule has 0 nitrogen and oxygen atoms in total. The van der Waals surface area contributed by atoms with E-state index in [4.69, 9.17) is 0 Å². The molecule has 0 aromatic heterocycles. The van der Waals surface area contributed by atoms with Gasteiger partial charge in [-0.3, -0.25) is 0 Å². The highest BCUT2D eigenvalue weighted by Gasteiger charge is 2.12. The standard InChI is InChI=1S/C14H28/c1-5-8-10-12-14(7-3)13(4)11-9-6-2/h7,13-14H,3,5-6,8-12H2,1-2,4H3. The smallest absolute Gasteiger partial charge is 0.0210 e. The Bertz CT molecular complexity index is 126. The highest BCUT2D eigenvalue weighted by Crippen LogP contribution is 2.24. The molecule has 0 radical (unpaired) electrons. The van der Waals surface area contributed by atoms with Crippen LogP contribution in [0, 0.1) is 11.8 Å². The van der Waals surface area contributed by atoms with Crippen LogP contribution in [-0.2, 0) is 0 Å². The second-order valence-corrected chi connectivity index (χ2v) is 4.51. The number of hydrogen-bond donors (Lipinski definition) is 0. The molecule has 0 amide bonds. The van der Waals surface area contributed by atoms with Crippen molar-refractivity contribution in [2.45, 2.75) is 65.7 Å². The first kappa shape index (κ1) is 13.7. The molecule has 0 aromatic rings. The molecule has 0 saturated heterocycles. The molecule has 14 heavy (non-hydrogen) atoms. The van der Waals surface area contributed by atoms with Crippen LogP contribution in [-0.4, -0.2) is 0 Å². The topological polar surface area (TPSA) is 0 Å². The Kier molecular flexibility index (Phi) is 9.13. The Morgan fingerprint density at radius 2 is 1.64 bits per heavy atom. The summed E-state index contributed by atoms with van der Waals surface area (Å²) >= 11 is 0. The molecule has 0 heterocycles. The first-order valence-electron chi connectivity index (χ1n) is 6.38. The molecule has 2 atom stereocenters. The lowest BCUT2D eigenvalue weighted by atomic mass is 9.86. The van der Waals surface area contributed by atoms with Crippen molar-refractivity contribution in [3.05, 3.63) is 12.7 Å². The number of unbranched alkanes of at least 4 members (excludes halogenated alkanes) is 3. The third-order valence-corrected chi connectivity index (χ3v) is 3.19. The highest BCUT2D eigenvalue weighted by atomic mass is 14.2. The van der Waals surface area contributed by atoms with Gasteiger partial charge in [-0.25, -0.2) is 0 Å². The molecule has 0 aromatic carbocycles. The minimum Gasteiger partial charge on any atom is -0.103 e. The minimum absolute atomic E-state index is 0.757. The third kappa shape index (κ3) is 6.23. The van der Waals surface area contributed by atoms with Gasteiger partial charge in [0.1, 0.15) is 0 Å². The van der Waals surface area contributed by atoms with Crippen molar-refractivity contribution in [2.75, 3.05) is 0 Å². The maximum absolute atomic E-state index is 3.97. The van der Waals surface area contributed by atoms with Gasteiger partial charge in [0.25, 0.3) is 0 Å². The third-order valence-electron chi connectivity index (χ3n) is 3.19. The second-order valence-electron chi connectivity index (χ2n) is 4.51. The van der Waals surface area contributed by atoms with E-state index in [-0.39, 0.29) is 0 Å². The summed E-state index contributed by atoms with van der Waals surface area (Å²) < 4.78 is 0. The summed E-state index contributed by atoms with van der Waals surface area (Å²) in [5.41, 5.74) is 0. The van der Waals surface area contributed by atoms with Crippen LogP contribution in [0.25, 0.3) is 0 Å². The average Bonchev–Trinajstić information content (AvgIpc) is 2.21. The lowest BCUT2D eigenvalue weighted by Crippen LogP contribution is -2.09. The first-order valence-corrected chi connectivity index (χ1v) is 6.38. The van der Waals surface area contributed by atoms with Gasteiger partial charge in [-0.15, -0.1) is 6.58 Å². The molecule has 0 fully saturated rings. The lowest BCUT2D eigenvalue weighted by Gasteiger charge is -2.20. The van der Waals surface area contributed by atoms with Crippen LogP contribution >= 0.6 is 0 Å². The molecule has 0 aliphatic heterocycles. The normalized spacial score (nSPS) is 15.1. The van der Waals surface area contributed by atoms with Gasteiger partial charge < -0.3 is 0 Å². The molecule has 0 aliphatic carbocycles. The van der Waals surface area contributed by atoms with Crippen LogP contribution in [0.3, 0.4) is 0 Å². The predicted molar refractivity (Wildman–Crippen MR) is 66.5 cm³/mol. The van der Waals surface area contributed by atoms with Crippen molar-refractivity contribution in [3.8, 4) is 0 Å². The van der Waals surface area contributed by atoms with Crippen LogP contribution in [0.1, 0.15) is 65.7 Å². The van der Waals surface area contributed by atoms with Gasteiger partial charge in [0, 0.05) is 0 Å². The molecule has 0 saturated carbocycles. The van der Waals surface area contributed by atoms with E-state index >= 15 is 0 Å². The SMILES string of the molecule is C=CC(CCCCC)C(C)CCCC. The summed E-state index contributed by atoms with van der Waals surface area (Å²) in [5.74, 6) is 1.59. The highest BCUT2D eigenvalue weighted by molar-refractivity contribution is 4.82. The van der Waals surface area contributed by atoms with Crippen LogP contribution in [0.4, 0.5) is 0 Å². The summed E-state index contributed by atoms with van der Waals surface area (Å²) in [6.45, 7) is 10.9. The summed E-state index contributed by atoms with van der Waals surface area (Å²) in [7, 11) is 0. The van der Waals surface area contributed by atoms with Gasteiger partial charge in [0.2, 0.25) is 0 Å². The maximum atomic E-state index is 3.97. The Morgan fingerprint density at radius 1 is 1.00 bits per heavy atom. The van der Waals surface area contributed by atoms with Gasteiger partial charge in [-0.05, 0) is 18.3 Å². The van der Waals surface area contributed by atoms with E-state index in [1.165, 1.54) is 44.9 Å². The van der Waals surface area contributed by atoms with E-state index in [1.807, 2.05) is 0 Å². The van der Waals surface area contributed by atoms with Crippen LogP contribution in [0.2, 0.25) is 0 Å². The Labute approximate surface area is 90.8 Å². The van der Waals surface area contributed by atoms with Gasteiger partial charge >= 0.3 is 0 Å². The molecule has 0 spiro atoms. The van der Waals surface area contributed by atoms with E-state index in [0.29, 0.717) is 0 Å². The summed E-state index contributed by atoms with van der Waals surface area (Å²) in [5, 5.41) is 0. The van der Waals surface area contributed by atoms with Crippen molar-refractivity contribution >= 4 is 0 Å². The molecular weight excluding hydrogens is 168 g/mol. The minimum atomic E-state index is 0.757. The average molecular weight is 196 g/mol. The lowest BCUT2D eigenvalue weighted by molar-refractivity contribution is 0.360. The quantitative estimate of drug-likeness (QED) is 0.351. The second kappa shape index (κ2) is 9.30. The van der Waals surface area contributed by atoms with Crippen molar-refractivity contribution in [1.29, 1.82) is 0 Å². The predicted octanol–water partition coefficient (Wildman–Crippen LogP) is 5.20.